The number of nitrogens with one attached hydrogen (secondary N) is 1. The van der Waals surface area contributed by atoms with Crippen molar-refractivity contribution in [2.24, 2.45) is 0 Å². The lowest BCUT2D eigenvalue weighted by Gasteiger charge is -2.16. The normalized spacial score (nSPS) is 12.2. The Morgan fingerprint density at radius 1 is 1.44 bits per heavy atom. The molecule has 16 heavy (non-hydrogen) atoms. The van der Waals surface area contributed by atoms with Gasteiger partial charge in [0.1, 0.15) is 6.04 Å². The van der Waals surface area contributed by atoms with Gasteiger partial charge in [0.05, 0.1) is 0 Å². The van der Waals surface area contributed by atoms with E-state index >= 15 is 0 Å². The lowest BCUT2D eigenvalue weighted by atomic mass is 10.1. The number of anilines is 1. The largest absolute Gasteiger partial charge is 0.480 e. The second kappa shape index (κ2) is 5.54. The Hall–Kier alpha value is -1.51. The minimum absolute atomic E-state index is 0.494. The molecule has 1 unspecified atom stereocenters. The molecule has 0 aliphatic heterocycles. The molecule has 3 nitrogen and oxygen atoms in total. The van der Waals surface area contributed by atoms with E-state index in [1.165, 1.54) is 5.56 Å². The Balaban J connectivity index is 2.81. The van der Waals surface area contributed by atoms with E-state index in [1.807, 2.05) is 39.0 Å². The number of carboxylic acids is 1. The van der Waals surface area contributed by atoms with Crippen molar-refractivity contribution >= 4 is 11.7 Å². The van der Waals surface area contributed by atoms with Crippen LogP contribution >= 0.6 is 0 Å². The maximum absolute atomic E-state index is 11.0. The highest BCUT2D eigenvalue weighted by atomic mass is 16.4. The van der Waals surface area contributed by atoms with Crippen molar-refractivity contribution in [3.8, 4) is 0 Å². The molecule has 0 fully saturated rings. The first-order valence-electron chi connectivity index (χ1n) is 5.61. The lowest BCUT2D eigenvalue weighted by Crippen LogP contribution is -2.29. The highest BCUT2D eigenvalue weighted by molar-refractivity contribution is 5.77. The van der Waals surface area contributed by atoms with Gasteiger partial charge in [-0.1, -0.05) is 31.0 Å². The third-order valence-corrected chi connectivity index (χ3v) is 2.59. The summed E-state index contributed by atoms with van der Waals surface area (Å²) in [4.78, 5) is 11.0. The van der Waals surface area contributed by atoms with Crippen molar-refractivity contribution in [3.05, 3.63) is 29.3 Å². The SMILES string of the molecule is CCCC(Nc1ccc(C)cc1C)C(=O)O. The molecule has 88 valence electrons. The predicted octanol–water partition coefficient (Wildman–Crippen LogP) is 2.97. The van der Waals surface area contributed by atoms with Crippen LogP contribution in [0.2, 0.25) is 0 Å². The van der Waals surface area contributed by atoms with Gasteiger partial charge in [-0.05, 0) is 31.9 Å². The summed E-state index contributed by atoms with van der Waals surface area (Å²) in [6, 6.07) is 5.48. The summed E-state index contributed by atoms with van der Waals surface area (Å²) in [6.45, 7) is 6.00. The summed E-state index contributed by atoms with van der Waals surface area (Å²) in [5.74, 6) is -0.790. The van der Waals surface area contributed by atoms with Crippen LogP contribution in [0.1, 0.15) is 30.9 Å². The van der Waals surface area contributed by atoms with Gasteiger partial charge >= 0.3 is 5.97 Å². The molecule has 0 amide bonds. The summed E-state index contributed by atoms with van der Waals surface area (Å²) in [5.41, 5.74) is 3.18. The van der Waals surface area contributed by atoms with Crippen molar-refractivity contribution in [2.75, 3.05) is 5.32 Å². The quantitative estimate of drug-likeness (QED) is 0.803. The van der Waals surface area contributed by atoms with Gasteiger partial charge in [-0.2, -0.15) is 0 Å². The Bertz CT molecular complexity index is 374. The smallest absolute Gasteiger partial charge is 0.326 e. The zero-order valence-electron chi connectivity index (χ0n) is 10.1. The number of rotatable bonds is 5. The monoisotopic (exact) mass is 221 g/mol. The molecule has 0 aliphatic carbocycles. The van der Waals surface area contributed by atoms with E-state index in [1.54, 1.807) is 0 Å². The van der Waals surface area contributed by atoms with Crippen LogP contribution in [-0.2, 0) is 4.79 Å². The van der Waals surface area contributed by atoms with Crippen LogP contribution in [0, 0.1) is 13.8 Å². The van der Waals surface area contributed by atoms with Gasteiger partial charge < -0.3 is 10.4 Å². The number of benzene rings is 1. The summed E-state index contributed by atoms with van der Waals surface area (Å²) < 4.78 is 0. The molecule has 1 aromatic carbocycles. The maximum atomic E-state index is 11.0. The Morgan fingerprint density at radius 3 is 2.62 bits per heavy atom. The molecular weight excluding hydrogens is 202 g/mol. The van der Waals surface area contributed by atoms with Crippen molar-refractivity contribution in [1.82, 2.24) is 0 Å². The lowest BCUT2D eigenvalue weighted by molar-refractivity contribution is -0.138. The molecule has 2 N–H and O–H groups in total. The molecule has 1 atom stereocenters. The summed E-state index contributed by atoms with van der Waals surface area (Å²) in [6.07, 6.45) is 1.50. The molecule has 0 saturated heterocycles. The molecule has 0 bridgehead atoms. The van der Waals surface area contributed by atoms with Crippen LogP contribution in [0.25, 0.3) is 0 Å². The van der Waals surface area contributed by atoms with Crippen molar-refractivity contribution in [3.63, 3.8) is 0 Å². The molecule has 0 heterocycles. The van der Waals surface area contributed by atoms with Crippen LogP contribution in [0.15, 0.2) is 18.2 Å². The van der Waals surface area contributed by atoms with Gasteiger partial charge in [0.15, 0.2) is 0 Å². The molecule has 1 aromatic rings. The van der Waals surface area contributed by atoms with E-state index in [9.17, 15) is 4.79 Å². The molecule has 3 heteroatoms. The number of aliphatic carboxylic acids is 1. The van der Waals surface area contributed by atoms with Crippen LogP contribution in [0.3, 0.4) is 0 Å². The second-order valence-electron chi connectivity index (χ2n) is 4.14. The van der Waals surface area contributed by atoms with Gasteiger partial charge in [0, 0.05) is 5.69 Å². The number of carbonyl (C=O) groups is 1. The molecule has 0 aliphatic rings. The van der Waals surface area contributed by atoms with Crippen LogP contribution in [0.5, 0.6) is 0 Å². The average Bonchev–Trinajstić information content (AvgIpc) is 2.20. The highest BCUT2D eigenvalue weighted by Gasteiger charge is 2.16. The summed E-state index contributed by atoms with van der Waals surface area (Å²) in [7, 11) is 0. The standard InChI is InChI=1S/C13H19NO2/c1-4-5-12(13(15)16)14-11-7-6-9(2)8-10(11)3/h6-8,12,14H,4-5H2,1-3H3,(H,15,16). The fourth-order valence-electron chi connectivity index (χ4n) is 1.71. The van der Waals surface area contributed by atoms with Gasteiger partial charge in [0.2, 0.25) is 0 Å². The molecule has 0 spiro atoms. The van der Waals surface area contributed by atoms with E-state index in [2.05, 4.69) is 5.32 Å². The van der Waals surface area contributed by atoms with E-state index < -0.39 is 12.0 Å². The number of hydrogen-bond donors (Lipinski definition) is 2. The third-order valence-electron chi connectivity index (χ3n) is 2.59. The first kappa shape index (κ1) is 12.6. The summed E-state index contributed by atoms with van der Waals surface area (Å²) >= 11 is 0. The first-order chi connectivity index (χ1) is 7.54. The van der Waals surface area contributed by atoms with Crippen molar-refractivity contribution < 1.29 is 9.90 Å². The molecule has 0 aromatic heterocycles. The van der Waals surface area contributed by atoms with Gasteiger partial charge in [-0.15, -0.1) is 0 Å². The third kappa shape index (κ3) is 3.26. The number of carboxylic acid groups (broad SMARTS) is 1. The predicted molar refractivity (Wildman–Crippen MR) is 65.9 cm³/mol. The Morgan fingerprint density at radius 2 is 2.12 bits per heavy atom. The van der Waals surface area contributed by atoms with Crippen LogP contribution in [-0.4, -0.2) is 17.1 Å². The topological polar surface area (TPSA) is 49.3 Å². The van der Waals surface area contributed by atoms with E-state index in [4.69, 9.17) is 5.11 Å². The Labute approximate surface area is 96.5 Å². The van der Waals surface area contributed by atoms with Crippen molar-refractivity contribution in [2.45, 2.75) is 39.7 Å². The molecule has 1 rings (SSSR count). The fourth-order valence-corrected chi connectivity index (χ4v) is 1.71. The zero-order chi connectivity index (χ0) is 12.1. The van der Waals surface area contributed by atoms with Gasteiger partial charge in [-0.3, -0.25) is 0 Å². The van der Waals surface area contributed by atoms with Crippen LogP contribution < -0.4 is 5.32 Å². The van der Waals surface area contributed by atoms with E-state index in [0.717, 1.165) is 17.7 Å². The first-order valence-corrected chi connectivity index (χ1v) is 5.61. The molecule has 0 radical (unpaired) electrons. The number of aryl methyl sites for hydroxylation is 2. The molecule has 0 saturated carbocycles. The summed E-state index contributed by atoms with van der Waals surface area (Å²) in [5, 5.41) is 12.1. The molecular formula is C13H19NO2. The van der Waals surface area contributed by atoms with E-state index in [0.29, 0.717) is 6.42 Å². The zero-order valence-corrected chi connectivity index (χ0v) is 10.1. The van der Waals surface area contributed by atoms with Crippen LogP contribution in [0.4, 0.5) is 5.69 Å². The van der Waals surface area contributed by atoms with Gasteiger partial charge in [0.25, 0.3) is 0 Å². The maximum Gasteiger partial charge on any atom is 0.326 e. The van der Waals surface area contributed by atoms with E-state index in [-0.39, 0.29) is 0 Å². The van der Waals surface area contributed by atoms with Gasteiger partial charge in [-0.25, -0.2) is 4.79 Å². The minimum atomic E-state index is -0.790. The average molecular weight is 221 g/mol. The van der Waals surface area contributed by atoms with Crippen molar-refractivity contribution in [1.29, 1.82) is 0 Å². The number of hydrogen-bond acceptors (Lipinski definition) is 2. The second-order valence-corrected chi connectivity index (χ2v) is 4.14. The highest BCUT2D eigenvalue weighted by Crippen LogP contribution is 2.18. The Kier molecular flexibility index (Phi) is 4.35. The fraction of sp³-hybridized carbons (Fsp3) is 0.462. The minimum Gasteiger partial charge on any atom is -0.480 e.